The molecule has 0 atom stereocenters. The molecule has 0 bridgehead atoms. The molecule has 1 aliphatic heterocycles. The molecular weight excluding hydrogens is 449 g/mol. The van der Waals surface area contributed by atoms with Gasteiger partial charge in [0.15, 0.2) is 0 Å². The number of amides is 2. The van der Waals surface area contributed by atoms with Crippen LogP contribution in [0.4, 0.5) is 13.2 Å². The van der Waals surface area contributed by atoms with Gasteiger partial charge >= 0.3 is 18.1 Å². The van der Waals surface area contributed by atoms with Crippen molar-refractivity contribution in [1.29, 1.82) is 0 Å². The summed E-state index contributed by atoms with van der Waals surface area (Å²) in [5.74, 6) is -2.59. The predicted molar refractivity (Wildman–Crippen MR) is 105 cm³/mol. The lowest BCUT2D eigenvalue weighted by atomic mass is 10.1. The fourth-order valence-electron chi connectivity index (χ4n) is 2.15. The number of nitrogens with one attached hydrogen (secondary N) is 1. The molecule has 1 aromatic rings. The molecule has 0 aliphatic carbocycles. The normalized spacial score (nSPS) is 12.6. The van der Waals surface area contributed by atoms with E-state index in [1.807, 2.05) is 18.2 Å². The van der Waals surface area contributed by atoms with E-state index < -0.39 is 18.1 Å². The molecule has 0 spiro atoms. The van der Waals surface area contributed by atoms with Crippen molar-refractivity contribution in [2.45, 2.75) is 19.1 Å². The van der Waals surface area contributed by atoms with Crippen molar-refractivity contribution < 1.29 is 42.6 Å². The number of rotatable bonds is 9. The summed E-state index contributed by atoms with van der Waals surface area (Å²) in [6.07, 6.45) is -4.94. The number of halogens is 3. The Labute approximate surface area is 177 Å². The van der Waals surface area contributed by atoms with Gasteiger partial charge < -0.3 is 20.4 Å². The quantitative estimate of drug-likeness (QED) is 0.372. The number of nitrogens with zero attached hydrogens (tertiary/aromatic N) is 1. The molecule has 0 radical (unpaired) electrons. The highest BCUT2D eigenvalue weighted by Crippen LogP contribution is 2.22. The SMILES string of the molecule is O=C(O)C(F)(F)F.O=C(O)CCSSCCNC(=O)CN1Cc2ccccc2C1=O. The summed E-state index contributed by atoms with van der Waals surface area (Å²) >= 11 is 0. The van der Waals surface area contributed by atoms with Crippen molar-refractivity contribution in [3.8, 4) is 0 Å². The molecule has 3 N–H and O–H groups in total. The van der Waals surface area contributed by atoms with E-state index in [1.165, 1.54) is 26.5 Å². The number of carbonyl (C=O) groups is 4. The first-order valence-corrected chi connectivity index (χ1v) is 10.9. The van der Waals surface area contributed by atoms with Gasteiger partial charge in [0.25, 0.3) is 5.91 Å². The third kappa shape index (κ3) is 9.39. The maximum Gasteiger partial charge on any atom is 0.490 e. The van der Waals surface area contributed by atoms with Gasteiger partial charge in [-0.1, -0.05) is 39.8 Å². The van der Waals surface area contributed by atoms with E-state index >= 15 is 0 Å². The molecule has 0 fully saturated rings. The first-order chi connectivity index (χ1) is 14.0. The van der Waals surface area contributed by atoms with Crippen LogP contribution in [0.25, 0.3) is 0 Å². The number of carbonyl (C=O) groups excluding carboxylic acids is 2. The van der Waals surface area contributed by atoms with E-state index in [-0.39, 0.29) is 24.8 Å². The Morgan fingerprint density at radius 2 is 1.70 bits per heavy atom. The van der Waals surface area contributed by atoms with Gasteiger partial charge in [-0.3, -0.25) is 14.4 Å². The van der Waals surface area contributed by atoms with Gasteiger partial charge in [-0.2, -0.15) is 13.2 Å². The van der Waals surface area contributed by atoms with E-state index in [1.54, 1.807) is 6.07 Å². The minimum absolute atomic E-state index is 0.0599. The second kappa shape index (κ2) is 12.3. The first kappa shape index (κ1) is 25.6. The third-order valence-corrected chi connectivity index (χ3v) is 5.87. The number of aliphatic carboxylic acids is 2. The van der Waals surface area contributed by atoms with Crippen molar-refractivity contribution in [2.75, 3.05) is 24.6 Å². The zero-order chi connectivity index (χ0) is 22.7. The molecule has 1 aliphatic rings. The summed E-state index contributed by atoms with van der Waals surface area (Å²) in [7, 11) is 3.01. The van der Waals surface area contributed by atoms with E-state index in [2.05, 4.69) is 5.32 Å². The first-order valence-electron chi connectivity index (χ1n) is 8.42. The van der Waals surface area contributed by atoms with E-state index in [4.69, 9.17) is 15.0 Å². The molecule has 30 heavy (non-hydrogen) atoms. The average Bonchev–Trinajstić information content (AvgIpc) is 2.96. The largest absolute Gasteiger partial charge is 0.490 e. The van der Waals surface area contributed by atoms with Crippen LogP contribution in [0.15, 0.2) is 24.3 Å². The summed E-state index contributed by atoms with van der Waals surface area (Å²) in [6.45, 7) is 1.03. The summed E-state index contributed by atoms with van der Waals surface area (Å²) in [5, 5.41) is 18.4. The van der Waals surface area contributed by atoms with Crippen LogP contribution in [-0.4, -0.2) is 69.6 Å². The molecular formula is C17H19F3N2O6S2. The standard InChI is InChI=1S/C15H18N2O4S2.C2HF3O2/c18-13(16-6-8-23-22-7-5-14(19)20)10-17-9-11-3-1-2-4-12(11)15(17)21;3-2(4,5)1(6)7/h1-4H,5-10H2,(H,16,18)(H,19,20);(H,6,7). The Morgan fingerprint density at radius 3 is 2.27 bits per heavy atom. The van der Waals surface area contributed by atoms with Crippen molar-refractivity contribution >= 4 is 45.3 Å². The Morgan fingerprint density at radius 1 is 1.10 bits per heavy atom. The van der Waals surface area contributed by atoms with Gasteiger partial charge in [0.05, 0.1) is 6.42 Å². The Kier molecular flexibility index (Phi) is 10.5. The summed E-state index contributed by atoms with van der Waals surface area (Å²) in [5.41, 5.74) is 1.63. The molecule has 0 aromatic heterocycles. The fraction of sp³-hybridized carbons (Fsp3) is 0.412. The molecule has 13 heteroatoms. The van der Waals surface area contributed by atoms with Crippen LogP contribution in [0.5, 0.6) is 0 Å². The number of hydrogen-bond donors (Lipinski definition) is 3. The van der Waals surface area contributed by atoms with Crippen LogP contribution < -0.4 is 5.32 Å². The molecule has 0 saturated heterocycles. The van der Waals surface area contributed by atoms with Crippen LogP contribution in [-0.2, 0) is 20.9 Å². The second-order valence-corrected chi connectivity index (χ2v) is 8.46. The minimum atomic E-state index is -5.08. The van der Waals surface area contributed by atoms with Gasteiger partial charge in [0, 0.05) is 30.2 Å². The smallest absolute Gasteiger partial charge is 0.481 e. The highest BCUT2D eigenvalue weighted by molar-refractivity contribution is 8.76. The monoisotopic (exact) mass is 468 g/mol. The van der Waals surface area contributed by atoms with Gasteiger partial charge in [-0.15, -0.1) is 0 Å². The summed E-state index contributed by atoms with van der Waals surface area (Å²) < 4.78 is 31.7. The van der Waals surface area contributed by atoms with Crippen LogP contribution in [0.3, 0.4) is 0 Å². The average molecular weight is 468 g/mol. The van der Waals surface area contributed by atoms with Crippen LogP contribution >= 0.6 is 21.6 Å². The van der Waals surface area contributed by atoms with Crippen molar-refractivity contribution in [3.05, 3.63) is 35.4 Å². The lowest BCUT2D eigenvalue weighted by Gasteiger charge is -2.15. The Bertz CT molecular complexity index is 776. The Balaban J connectivity index is 0.000000553. The summed E-state index contributed by atoms with van der Waals surface area (Å²) in [4.78, 5) is 44.8. The van der Waals surface area contributed by atoms with Crippen LogP contribution in [0, 0.1) is 0 Å². The minimum Gasteiger partial charge on any atom is -0.481 e. The van der Waals surface area contributed by atoms with Gasteiger partial charge in [0.2, 0.25) is 5.91 Å². The second-order valence-electron chi connectivity index (χ2n) is 5.76. The number of hydrogen-bond acceptors (Lipinski definition) is 6. The maximum atomic E-state index is 12.1. The molecule has 1 heterocycles. The molecule has 8 nitrogen and oxygen atoms in total. The van der Waals surface area contributed by atoms with Gasteiger partial charge in [0.1, 0.15) is 6.54 Å². The number of alkyl halides is 3. The topological polar surface area (TPSA) is 124 Å². The van der Waals surface area contributed by atoms with E-state index in [0.717, 1.165) is 5.56 Å². The zero-order valence-electron chi connectivity index (χ0n) is 15.5. The molecule has 0 saturated carbocycles. The molecule has 1 aromatic carbocycles. The lowest BCUT2D eigenvalue weighted by Crippen LogP contribution is -2.38. The zero-order valence-corrected chi connectivity index (χ0v) is 17.1. The molecule has 2 amide bonds. The van der Waals surface area contributed by atoms with Crippen molar-refractivity contribution in [3.63, 3.8) is 0 Å². The highest BCUT2D eigenvalue weighted by atomic mass is 33.1. The summed E-state index contributed by atoms with van der Waals surface area (Å²) in [6, 6.07) is 7.38. The highest BCUT2D eigenvalue weighted by Gasteiger charge is 2.38. The molecule has 0 unspecified atom stereocenters. The maximum absolute atomic E-state index is 12.1. The van der Waals surface area contributed by atoms with E-state index in [0.29, 0.717) is 30.2 Å². The van der Waals surface area contributed by atoms with E-state index in [9.17, 15) is 27.6 Å². The van der Waals surface area contributed by atoms with Crippen LogP contribution in [0.1, 0.15) is 22.3 Å². The molecule has 2 rings (SSSR count). The number of carboxylic acids is 2. The van der Waals surface area contributed by atoms with Gasteiger partial charge in [-0.05, 0) is 11.6 Å². The van der Waals surface area contributed by atoms with Gasteiger partial charge in [-0.25, -0.2) is 4.79 Å². The third-order valence-electron chi connectivity index (χ3n) is 3.46. The lowest BCUT2D eigenvalue weighted by molar-refractivity contribution is -0.192. The fourth-order valence-corrected chi connectivity index (χ4v) is 4.04. The van der Waals surface area contributed by atoms with Crippen LogP contribution in [0.2, 0.25) is 0 Å². The van der Waals surface area contributed by atoms with Crippen molar-refractivity contribution in [2.24, 2.45) is 0 Å². The number of carboxylic acid groups (broad SMARTS) is 2. The Hall–Kier alpha value is -2.41. The predicted octanol–water partition coefficient (Wildman–Crippen LogP) is 2.25. The molecule has 166 valence electrons. The number of fused-ring (bicyclic) bond motifs is 1. The van der Waals surface area contributed by atoms with Crippen molar-refractivity contribution in [1.82, 2.24) is 10.2 Å². The number of benzene rings is 1.